The van der Waals surface area contributed by atoms with Gasteiger partial charge in [0, 0.05) is 23.7 Å². The maximum Gasteiger partial charge on any atom is 0.267 e. The van der Waals surface area contributed by atoms with Gasteiger partial charge in [0.15, 0.2) is 0 Å². The summed E-state index contributed by atoms with van der Waals surface area (Å²) in [5.74, 6) is -1.48. The quantitative estimate of drug-likeness (QED) is 0.708. The zero-order valence-electron chi connectivity index (χ0n) is 15.0. The Morgan fingerprint density at radius 3 is 2.54 bits per heavy atom. The Labute approximate surface area is 159 Å². The third-order valence-electron chi connectivity index (χ3n) is 4.05. The van der Waals surface area contributed by atoms with E-state index in [4.69, 9.17) is 4.74 Å². The fourth-order valence-electron chi connectivity index (χ4n) is 2.58. The van der Waals surface area contributed by atoms with Gasteiger partial charge in [0.1, 0.15) is 23.9 Å². The van der Waals surface area contributed by atoms with Crippen LogP contribution in [-0.4, -0.2) is 22.8 Å². The third-order valence-corrected chi connectivity index (χ3v) is 4.05. The molecule has 0 atom stereocenters. The van der Waals surface area contributed by atoms with Crippen LogP contribution in [0, 0.1) is 11.6 Å². The molecule has 0 aliphatic heterocycles. The molecule has 0 spiro atoms. The number of ether oxygens (including phenoxy) is 1. The maximum atomic E-state index is 13.6. The molecule has 1 heterocycles. The van der Waals surface area contributed by atoms with E-state index in [1.807, 2.05) is 0 Å². The summed E-state index contributed by atoms with van der Waals surface area (Å²) in [6.07, 6.45) is 0. The molecule has 0 bridgehead atoms. The van der Waals surface area contributed by atoms with Gasteiger partial charge in [0.05, 0.1) is 12.8 Å². The first kappa shape index (κ1) is 19.2. The van der Waals surface area contributed by atoms with Gasteiger partial charge in [-0.3, -0.25) is 9.59 Å². The minimum absolute atomic E-state index is 0.249. The number of rotatable bonds is 6. The van der Waals surface area contributed by atoms with Crippen molar-refractivity contribution in [2.24, 2.45) is 0 Å². The lowest BCUT2D eigenvalue weighted by molar-refractivity contribution is -0.122. The highest BCUT2D eigenvalue weighted by atomic mass is 19.1. The average Bonchev–Trinajstić information content (AvgIpc) is 2.69. The van der Waals surface area contributed by atoms with E-state index in [9.17, 15) is 18.4 Å². The van der Waals surface area contributed by atoms with Gasteiger partial charge in [-0.05, 0) is 30.3 Å². The van der Waals surface area contributed by atoms with Crippen molar-refractivity contribution in [1.82, 2.24) is 15.1 Å². The molecule has 1 amide bonds. The molecule has 0 saturated heterocycles. The number of carbonyl (C=O) groups is 1. The van der Waals surface area contributed by atoms with Crippen molar-refractivity contribution < 1.29 is 18.3 Å². The minimum atomic E-state index is -0.754. The molecule has 2 aromatic carbocycles. The van der Waals surface area contributed by atoms with Crippen molar-refractivity contribution in [2.45, 2.75) is 13.1 Å². The van der Waals surface area contributed by atoms with Crippen molar-refractivity contribution in [1.29, 1.82) is 0 Å². The first-order valence-electron chi connectivity index (χ1n) is 8.40. The van der Waals surface area contributed by atoms with Crippen molar-refractivity contribution in [3.63, 3.8) is 0 Å². The van der Waals surface area contributed by atoms with Crippen molar-refractivity contribution >= 4 is 5.91 Å². The van der Waals surface area contributed by atoms with Gasteiger partial charge in [-0.1, -0.05) is 18.2 Å². The monoisotopic (exact) mass is 385 g/mol. The van der Waals surface area contributed by atoms with E-state index < -0.39 is 23.1 Å². The molecule has 0 saturated carbocycles. The zero-order chi connectivity index (χ0) is 20.1. The van der Waals surface area contributed by atoms with E-state index in [2.05, 4.69) is 10.4 Å². The largest absolute Gasteiger partial charge is 0.497 e. The van der Waals surface area contributed by atoms with Gasteiger partial charge in [-0.15, -0.1) is 0 Å². The zero-order valence-corrected chi connectivity index (χ0v) is 15.0. The number of hydrogen-bond acceptors (Lipinski definition) is 4. The molecule has 6 nitrogen and oxygen atoms in total. The summed E-state index contributed by atoms with van der Waals surface area (Å²) in [5, 5.41) is 6.58. The molecule has 3 rings (SSSR count). The van der Waals surface area contributed by atoms with Gasteiger partial charge >= 0.3 is 0 Å². The average molecular weight is 385 g/mol. The number of halogens is 2. The molecule has 0 radical (unpaired) electrons. The van der Waals surface area contributed by atoms with Crippen molar-refractivity contribution in [3.05, 3.63) is 82.1 Å². The summed E-state index contributed by atoms with van der Waals surface area (Å²) in [6.45, 7) is -0.714. The Hall–Kier alpha value is -3.55. The molecule has 8 heteroatoms. The van der Waals surface area contributed by atoms with Crippen LogP contribution in [0.25, 0.3) is 11.3 Å². The molecule has 1 aromatic heterocycles. The van der Waals surface area contributed by atoms with Crippen LogP contribution in [-0.2, 0) is 17.9 Å². The van der Waals surface area contributed by atoms with Crippen LogP contribution in [0.15, 0.2) is 59.4 Å². The lowest BCUT2D eigenvalue weighted by Crippen LogP contribution is -2.33. The van der Waals surface area contributed by atoms with E-state index in [1.165, 1.54) is 19.2 Å². The second-order valence-corrected chi connectivity index (χ2v) is 5.92. The summed E-state index contributed by atoms with van der Waals surface area (Å²) in [6, 6.07) is 13.4. The van der Waals surface area contributed by atoms with Gasteiger partial charge in [-0.2, -0.15) is 5.10 Å². The first-order valence-corrected chi connectivity index (χ1v) is 8.40. The third kappa shape index (κ3) is 4.40. The molecule has 1 N–H and O–H groups in total. The Balaban J connectivity index is 1.74. The lowest BCUT2D eigenvalue weighted by atomic mass is 10.1. The van der Waals surface area contributed by atoms with E-state index in [0.29, 0.717) is 17.0 Å². The van der Waals surface area contributed by atoms with Crippen LogP contribution in [0.1, 0.15) is 5.56 Å². The second-order valence-electron chi connectivity index (χ2n) is 5.92. The number of nitrogens with one attached hydrogen (secondary N) is 1. The van der Waals surface area contributed by atoms with Crippen LogP contribution >= 0.6 is 0 Å². The van der Waals surface area contributed by atoms with Gasteiger partial charge in [-0.25, -0.2) is 13.5 Å². The highest BCUT2D eigenvalue weighted by Crippen LogP contribution is 2.21. The summed E-state index contributed by atoms with van der Waals surface area (Å²) in [5.41, 5.74) is 0.466. The normalized spacial score (nSPS) is 10.5. The fourth-order valence-corrected chi connectivity index (χ4v) is 2.58. The second kappa shape index (κ2) is 8.43. The van der Waals surface area contributed by atoms with Gasteiger partial charge in [0.2, 0.25) is 5.91 Å². The number of carbonyl (C=O) groups excluding carboxylic acids is 1. The number of amides is 1. The Morgan fingerprint density at radius 2 is 1.82 bits per heavy atom. The molecular formula is C20H17F2N3O3. The Morgan fingerprint density at radius 1 is 1.11 bits per heavy atom. The molecule has 0 unspecified atom stereocenters. The standard InChI is InChI=1S/C20H17F2N3O3/c1-28-14-5-2-4-13(10-14)18-8-9-20(27)25(24-18)12-19(26)23-11-15-16(21)6-3-7-17(15)22/h2-10H,11-12H2,1H3,(H,23,26). The maximum absolute atomic E-state index is 13.6. The van der Waals surface area contributed by atoms with E-state index in [-0.39, 0.29) is 18.7 Å². The fraction of sp³-hybridized carbons (Fsp3) is 0.150. The highest BCUT2D eigenvalue weighted by Gasteiger charge is 2.12. The number of aromatic nitrogens is 2. The van der Waals surface area contributed by atoms with E-state index in [0.717, 1.165) is 16.8 Å². The minimum Gasteiger partial charge on any atom is -0.497 e. The van der Waals surface area contributed by atoms with Gasteiger partial charge < -0.3 is 10.1 Å². The Bertz CT molecular complexity index is 1050. The summed E-state index contributed by atoms with van der Waals surface area (Å²) < 4.78 is 33.4. The number of hydrogen-bond donors (Lipinski definition) is 1. The van der Waals surface area contributed by atoms with Crippen LogP contribution < -0.4 is 15.6 Å². The predicted molar refractivity (Wildman–Crippen MR) is 98.7 cm³/mol. The van der Waals surface area contributed by atoms with Crippen molar-refractivity contribution in [3.8, 4) is 17.0 Å². The van der Waals surface area contributed by atoms with E-state index in [1.54, 1.807) is 30.3 Å². The number of nitrogens with zero attached hydrogens (tertiary/aromatic N) is 2. The van der Waals surface area contributed by atoms with Crippen LogP contribution in [0.4, 0.5) is 8.78 Å². The summed E-state index contributed by atoms with van der Waals surface area (Å²) in [7, 11) is 1.54. The first-order chi connectivity index (χ1) is 13.5. The van der Waals surface area contributed by atoms with Crippen molar-refractivity contribution in [2.75, 3.05) is 7.11 Å². The number of methoxy groups -OCH3 is 1. The molecule has 0 aliphatic carbocycles. The SMILES string of the molecule is COc1cccc(-c2ccc(=O)n(CC(=O)NCc3c(F)cccc3F)n2)c1. The predicted octanol–water partition coefficient (Wildman–Crippen LogP) is 2.51. The lowest BCUT2D eigenvalue weighted by Gasteiger charge is -2.10. The molecule has 144 valence electrons. The van der Waals surface area contributed by atoms with Gasteiger partial charge in [0.25, 0.3) is 5.56 Å². The molecule has 0 aliphatic rings. The number of benzene rings is 2. The molecule has 28 heavy (non-hydrogen) atoms. The summed E-state index contributed by atoms with van der Waals surface area (Å²) >= 11 is 0. The van der Waals surface area contributed by atoms with E-state index >= 15 is 0 Å². The summed E-state index contributed by atoms with van der Waals surface area (Å²) in [4.78, 5) is 24.2. The topological polar surface area (TPSA) is 73.2 Å². The molecule has 3 aromatic rings. The van der Waals surface area contributed by atoms with Crippen LogP contribution in [0.2, 0.25) is 0 Å². The highest BCUT2D eigenvalue weighted by molar-refractivity contribution is 5.75. The Kier molecular flexibility index (Phi) is 5.78. The van der Waals surface area contributed by atoms with Crippen LogP contribution in [0.5, 0.6) is 5.75 Å². The van der Waals surface area contributed by atoms with Crippen LogP contribution in [0.3, 0.4) is 0 Å². The molecule has 0 fully saturated rings. The smallest absolute Gasteiger partial charge is 0.267 e. The molecular weight excluding hydrogens is 368 g/mol.